The van der Waals surface area contributed by atoms with E-state index >= 15 is 0 Å². The van der Waals surface area contributed by atoms with Crippen molar-refractivity contribution in [2.45, 2.75) is 12.8 Å². The molecule has 4 nitrogen and oxygen atoms in total. The van der Waals surface area contributed by atoms with Gasteiger partial charge in [-0.2, -0.15) is 0 Å². The molecule has 0 saturated carbocycles. The Balaban J connectivity index is 3.23. The summed E-state index contributed by atoms with van der Waals surface area (Å²) < 4.78 is 23.3. The van der Waals surface area contributed by atoms with Crippen LogP contribution in [-0.4, -0.2) is 31.0 Å². The Bertz CT molecular complexity index is 365. The number of halogens is 1. The monoisotopic (exact) mass is 230 g/mol. The number of methoxy groups -OCH3 is 2. The molecule has 16 heavy (non-hydrogen) atoms. The molecule has 90 valence electrons. The van der Waals surface area contributed by atoms with E-state index in [0.717, 1.165) is 6.07 Å². The summed E-state index contributed by atoms with van der Waals surface area (Å²) in [7, 11) is 2.81. The number of phenols is 1. The standard InChI is InChI=1S/C11H15FO4/c1-15-9-6-8(12)10(14)7(4-3-5-13)11(9)16-2/h6,13-14H,3-5H2,1-2H3. The number of benzene rings is 1. The fourth-order valence-corrected chi connectivity index (χ4v) is 1.51. The van der Waals surface area contributed by atoms with Gasteiger partial charge in [-0.1, -0.05) is 0 Å². The van der Waals surface area contributed by atoms with Crippen molar-refractivity contribution in [2.24, 2.45) is 0 Å². The van der Waals surface area contributed by atoms with Crippen molar-refractivity contribution in [3.63, 3.8) is 0 Å². The van der Waals surface area contributed by atoms with Gasteiger partial charge in [0.15, 0.2) is 23.1 Å². The summed E-state index contributed by atoms with van der Waals surface area (Å²) in [5.74, 6) is -0.683. The third-order valence-electron chi connectivity index (χ3n) is 2.28. The normalized spacial score (nSPS) is 10.2. The van der Waals surface area contributed by atoms with Crippen LogP contribution in [0.1, 0.15) is 12.0 Å². The van der Waals surface area contributed by atoms with Gasteiger partial charge in [0.05, 0.1) is 14.2 Å². The van der Waals surface area contributed by atoms with Crippen LogP contribution in [0.15, 0.2) is 6.07 Å². The van der Waals surface area contributed by atoms with Gasteiger partial charge < -0.3 is 19.7 Å². The Morgan fingerprint density at radius 3 is 2.50 bits per heavy atom. The molecule has 0 amide bonds. The van der Waals surface area contributed by atoms with Crippen LogP contribution in [0.5, 0.6) is 17.2 Å². The van der Waals surface area contributed by atoms with E-state index in [-0.39, 0.29) is 12.4 Å². The number of aliphatic hydroxyl groups excluding tert-OH is 1. The molecular weight excluding hydrogens is 215 g/mol. The minimum absolute atomic E-state index is 0.0403. The van der Waals surface area contributed by atoms with Crippen molar-refractivity contribution in [3.05, 3.63) is 17.4 Å². The Hall–Kier alpha value is -1.49. The van der Waals surface area contributed by atoms with Crippen molar-refractivity contribution in [2.75, 3.05) is 20.8 Å². The highest BCUT2D eigenvalue weighted by molar-refractivity contribution is 5.54. The van der Waals surface area contributed by atoms with Gasteiger partial charge in [-0.05, 0) is 12.8 Å². The number of aromatic hydroxyl groups is 1. The third-order valence-corrected chi connectivity index (χ3v) is 2.28. The minimum Gasteiger partial charge on any atom is -0.505 e. The lowest BCUT2D eigenvalue weighted by atomic mass is 10.1. The number of phenolic OH excluding ortho intramolecular Hbond substituents is 1. The fourth-order valence-electron chi connectivity index (χ4n) is 1.51. The number of hydrogen-bond donors (Lipinski definition) is 2. The maximum Gasteiger partial charge on any atom is 0.169 e. The van der Waals surface area contributed by atoms with Gasteiger partial charge >= 0.3 is 0 Å². The first-order valence-corrected chi connectivity index (χ1v) is 4.88. The van der Waals surface area contributed by atoms with Gasteiger partial charge in [-0.15, -0.1) is 0 Å². The summed E-state index contributed by atoms with van der Waals surface area (Å²) in [4.78, 5) is 0. The van der Waals surface area contributed by atoms with Crippen LogP contribution in [0.4, 0.5) is 4.39 Å². The second-order valence-electron chi connectivity index (χ2n) is 3.25. The average Bonchev–Trinajstić information content (AvgIpc) is 2.30. The maximum atomic E-state index is 13.3. The minimum atomic E-state index is -0.759. The van der Waals surface area contributed by atoms with E-state index in [4.69, 9.17) is 14.6 Å². The van der Waals surface area contributed by atoms with Gasteiger partial charge in [0.2, 0.25) is 0 Å². The van der Waals surface area contributed by atoms with Crippen LogP contribution in [0, 0.1) is 5.82 Å². The molecule has 0 atom stereocenters. The second kappa shape index (κ2) is 5.55. The lowest BCUT2D eigenvalue weighted by Gasteiger charge is -2.14. The Morgan fingerprint density at radius 1 is 1.31 bits per heavy atom. The van der Waals surface area contributed by atoms with Gasteiger partial charge in [-0.25, -0.2) is 4.39 Å². The highest BCUT2D eigenvalue weighted by Gasteiger charge is 2.18. The predicted molar refractivity (Wildman–Crippen MR) is 56.6 cm³/mol. The summed E-state index contributed by atoms with van der Waals surface area (Å²) >= 11 is 0. The first-order valence-electron chi connectivity index (χ1n) is 4.88. The molecule has 5 heteroatoms. The van der Waals surface area contributed by atoms with E-state index in [1.165, 1.54) is 14.2 Å². The largest absolute Gasteiger partial charge is 0.505 e. The zero-order chi connectivity index (χ0) is 12.1. The molecule has 0 bridgehead atoms. The molecule has 1 aromatic carbocycles. The molecule has 0 spiro atoms. The number of aliphatic hydroxyl groups is 1. The zero-order valence-corrected chi connectivity index (χ0v) is 9.29. The maximum absolute atomic E-state index is 13.3. The average molecular weight is 230 g/mol. The Labute approximate surface area is 93.2 Å². The summed E-state index contributed by atoms with van der Waals surface area (Å²) in [6, 6.07) is 1.07. The molecule has 1 rings (SSSR count). The first kappa shape index (κ1) is 12.6. The molecule has 0 unspecified atom stereocenters. The molecular formula is C11H15FO4. The number of ether oxygens (including phenoxy) is 2. The van der Waals surface area contributed by atoms with Crippen LogP contribution in [-0.2, 0) is 6.42 Å². The molecule has 2 N–H and O–H groups in total. The molecule has 0 saturated heterocycles. The summed E-state index contributed by atoms with van der Waals surface area (Å²) in [6.07, 6.45) is 0.732. The van der Waals surface area contributed by atoms with E-state index in [9.17, 15) is 9.50 Å². The smallest absolute Gasteiger partial charge is 0.169 e. The molecule has 0 aromatic heterocycles. The van der Waals surface area contributed by atoms with E-state index in [0.29, 0.717) is 24.2 Å². The predicted octanol–water partition coefficient (Wildman–Crippen LogP) is 1.47. The van der Waals surface area contributed by atoms with Crippen molar-refractivity contribution in [1.82, 2.24) is 0 Å². The molecule has 1 aromatic rings. The molecule has 0 aliphatic rings. The summed E-state index contributed by atoms with van der Waals surface area (Å²) in [6.45, 7) is -0.0403. The zero-order valence-electron chi connectivity index (χ0n) is 9.29. The van der Waals surface area contributed by atoms with Crippen molar-refractivity contribution in [1.29, 1.82) is 0 Å². The van der Waals surface area contributed by atoms with Crippen molar-refractivity contribution < 1.29 is 24.1 Å². The Morgan fingerprint density at radius 2 is 2.00 bits per heavy atom. The van der Waals surface area contributed by atoms with Crippen LogP contribution in [0.2, 0.25) is 0 Å². The topological polar surface area (TPSA) is 58.9 Å². The molecule has 0 radical (unpaired) electrons. The van der Waals surface area contributed by atoms with Crippen LogP contribution < -0.4 is 9.47 Å². The van der Waals surface area contributed by atoms with E-state index < -0.39 is 11.6 Å². The third kappa shape index (κ3) is 2.36. The van der Waals surface area contributed by atoms with E-state index in [1.54, 1.807) is 0 Å². The first-order chi connectivity index (χ1) is 7.65. The quantitative estimate of drug-likeness (QED) is 0.804. The van der Waals surface area contributed by atoms with Gasteiger partial charge in [0.25, 0.3) is 0 Å². The lowest BCUT2D eigenvalue weighted by Crippen LogP contribution is -2.00. The van der Waals surface area contributed by atoms with E-state index in [1.807, 2.05) is 0 Å². The van der Waals surface area contributed by atoms with E-state index in [2.05, 4.69) is 0 Å². The molecule has 0 fully saturated rings. The number of rotatable bonds is 5. The van der Waals surface area contributed by atoms with Crippen LogP contribution >= 0.6 is 0 Å². The molecule has 0 aliphatic heterocycles. The van der Waals surface area contributed by atoms with Crippen LogP contribution in [0.25, 0.3) is 0 Å². The van der Waals surface area contributed by atoms with Crippen molar-refractivity contribution in [3.8, 4) is 17.2 Å². The van der Waals surface area contributed by atoms with Gasteiger partial charge in [-0.3, -0.25) is 0 Å². The molecule has 0 heterocycles. The second-order valence-corrected chi connectivity index (χ2v) is 3.25. The van der Waals surface area contributed by atoms with Crippen molar-refractivity contribution >= 4 is 0 Å². The van der Waals surface area contributed by atoms with Gasteiger partial charge in [0.1, 0.15) is 0 Å². The number of hydrogen-bond acceptors (Lipinski definition) is 4. The van der Waals surface area contributed by atoms with Gasteiger partial charge in [0, 0.05) is 18.2 Å². The SMILES string of the molecule is COc1cc(F)c(O)c(CCCO)c1OC. The summed E-state index contributed by atoms with van der Waals surface area (Å²) in [5, 5.41) is 18.3. The van der Waals surface area contributed by atoms with Crippen LogP contribution in [0.3, 0.4) is 0 Å². The Kier molecular flexibility index (Phi) is 4.37. The highest BCUT2D eigenvalue weighted by atomic mass is 19.1. The highest BCUT2D eigenvalue weighted by Crippen LogP contribution is 2.39. The summed E-state index contributed by atoms with van der Waals surface area (Å²) in [5.41, 5.74) is 0.313. The fraction of sp³-hybridized carbons (Fsp3) is 0.455. The lowest BCUT2D eigenvalue weighted by molar-refractivity contribution is 0.285. The molecule has 0 aliphatic carbocycles.